The van der Waals surface area contributed by atoms with Crippen LogP contribution in [0.15, 0.2) is 0 Å². The molecule has 0 aromatic carbocycles. The SMILES string of the molecule is CCCNCCOC(=O)NC1CCC1. The minimum atomic E-state index is -0.270. The van der Waals surface area contributed by atoms with Crippen molar-refractivity contribution in [3.63, 3.8) is 0 Å². The lowest BCUT2D eigenvalue weighted by molar-refractivity contribution is 0.137. The van der Waals surface area contributed by atoms with Crippen LogP contribution in [-0.2, 0) is 4.74 Å². The summed E-state index contributed by atoms with van der Waals surface area (Å²) in [5.41, 5.74) is 0. The van der Waals surface area contributed by atoms with Crippen molar-refractivity contribution in [3.8, 4) is 0 Å². The van der Waals surface area contributed by atoms with Gasteiger partial charge in [-0.2, -0.15) is 0 Å². The Labute approximate surface area is 85.4 Å². The Balaban J connectivity index is 1.87. The highest BCUT2D eigenvalue weighted by Gasteiger charge is 2.19. The third kappa shape index (κ3) is 4.46. The number of nitrogens with one attached hydrogen (secondary N) is 2. The molecule has 0 aromatic heterocycles. The molecule has 82 valence electrons. The molecule has 1 aliphatic rings. The van der Waals surface area contributed by atoms with Gasteiger partial charge in [-0.1, -0.05) is 6.92 Å². The molecule has 1 amide bonds. The van der Waals surface area contributed by atoms with E-state index >= 15 is 0 Å². The molecule has 0 bridgehead atoms. The minimum absolute atomic E-state index is 0.270. The molecule has 14 heavy (non-hydrogen) atoms. The maximum absolute atomic E-state index is 11.1. The van der Waals surface area contributed by atoms with Gasteiger partial charge in [0.25, 0.3) is 0 Å². The molecule has 1 fully saturated rings. The van der Waals surface area contributed by atoms with Crippen molar-refractivity contribution in [2.75, 3.05) is 19.7 Å². The van der Waals surface area contributed by atoms with Gasteiger partial charge in [0, 0.05) is 12.6 Å². The molecular formula is C10H20N2O2. The van der Waals surface area contributed by atoms with Crippen molar-refractivity contribution in [2.45, 2.75) is 38.6 Å². The molecule has 0 unspecified atom stereocenters. The van der Waals surface area contributed by atoms with E-state index in [1.165, 1.54) is 6.42 Å². The molecular weight excluding hydrogens is 180 g/mol. The smallest absolute Gasteiger partial charge is 0.407 e. The summed E-state index contributed by atoms with van der Waals surface area (Å²) < 4.78 is 4.98. The Hall–Kier alpha value is -0.770. The molecule has 0 atom stereocenters. The average molecular weight is 200 g/mol. The van der Waals surface area contributed by atoms with E-state index in [4.69, 9.17) is 4.74 Å². The Morgan fingerprint density at radius 1 is 1.43 bits per heavy atom. The number of hydrogen-bond donors (Lipinski definition) is 2. The van der Waals surface area contributed by atoms with E-state index in [1.54, 1.807) is 0 Å². The van der Waals surface area contributed by atoms with Crippen molar-refractivity contribution in [3.05, 3.63) is 0 Å². The Bertz CT molecular complexity index is 170. The fourth-order valence-electron chi connectivity index (χ4n) is 1.28. The second-order valence-electron chi connectivity index (χ2n) is 3.66. The fraction of sp³-hybridized carbons (Fsp3) is 0.900. The van der Waals surface area contributed by atoms with E-state index in [-0.39, 0.29) is 6.09 Å². The summed E-state index contributed by atoms with van der Waals surface area (Å²) in [6.45, 7) is 4.29. The van der Waals surface area contributed by atoms with Crippen LogP contribution < -0.4 is 10.6 Å². The van der Waals surface area contributed by atoms with Gasteiger partial charge >= 0.3 is 6.09 Å². The molecule has 0 spiro atoms. The molecule has 0 aromatic rings. The van der Waals surface area contributed by atoms with E-state index in [0.29, 0.717) is 12.6 Å². The summed E-state index contributed by atoms with van der Waals surface area (Å²) in [6.07, 6.45) is 4.26. The molecule has 0 saturated heterocycles. The van der Waals surface area contributed by atoms with Crippen LogP contribution in [0.2, 0.25) is 0 Å². The van der Waals surface area contributed by atoms with Crippen LogP contribution >= 0.6 is 0 Å². The summed E-state index contributed by atoms with van der Waals surface area (Å²) >= 11 is 0. The molecule has 1 rings (SSSR count). The third-order valence-electron chi connectivity index (χ3n) is 2.37. The second-order valence-corrected chi connectivity index (χ2v) is 3.66. The molecule has 0 heterocycles. The lowest BCUT2D eigenvalue weighted by Crippen LogP contribution is -2.40. The minimum Gasteiger partial charge on any atom is -0.448 e. The Morgan fingerprint density at radius 2 is 2.21 bits per heavy atom. The predicted octanol–water partition coefficient (Wildman–Crippen LogP) is 1.26. The Morgan fingerprint density at radius 3 is 2.79 bits per heavy atom. The zero-order valence-electron chi connectivity index (χ0n) is 8.84. The van der Waals surface area contributed by atoms with Gasteiger partial charge in [-0.05, 0) is 32.2 Å². The van der Waals surface area contributed by atoms with Crippen molar-refractivity contribution in [1.29, 1.82) is 0 Å². The van der Waals surface area contributed by atoms with E-state index in [2.05, 4.69) is 17.6 Å². The van der Waals surface area contributed by atoms with Crippen LogP contribution in [0, 0.1) is 0 Å². The van der Waals surface area contributed by atoms with Crippen LogP contribution in [0.4, 0.5) is 4.79 Å². The van der Waals surface area contributed by atoms with Crippen LogP contribution in [0.5, 0.6) is 0 Å². The largest absolute Gasteiger partial charge is 0.448 e. The zero-order chi connectivity index (χ0) is 10.2. The number of ether oxygens (including phenoxy) is 1. The van der Waals surface area contributed by atoms with Crippen molar-refractivity contribution in [2.24, 2.45) is 0 Å². The first-order valence-electron chi connectivity index (χ1n) is 5.47. The van der Waals surface area contributed by atoms with Gasteiger partial charge in [0.1, 0.15) is 6.61 Å². The quantitative estimate of drug-likeness (QED) is 0.635. The lowest BCUT2D eigenvalue weighted by Gasteiger charge is -2.25. The van der Waals surface area contributed by atoms with E-state index in [0.717, 1.165) is 32.4 Å². The van der Waals surface area contributed by atoms with Crippen molar-refractivity contribution in [1.82, 2.24) is 10.6 Å². The number of hydrogen-bond acceptors (Lipinski definition) is 3. The summed E-state index contributed by atoms with van der Waals surface area (Å²) in [6, 6.07) is 0.367. The van der Waals surface area contributed by atoms with Crippen molar-refractivity contribution < 1.29 is 9.53 Å². The van der Waals surface area contributed by atoms with Gasteiger partial charge in [-0.3, -0.25) is 0 Å². The van der Waals surface area contributed by atoms with Gasteiger partial charge in [0.2, 0.25) is 0 Å². The molecule has 0 aliphatic heterocycles. The predicted molar refractivity (Wildman–Crippen MR) is 55.3 cm³/mol. The monoisotopic (exact) mass is 200 g/mol. The summed E-state index contributed by atoms with van der Waals surface area (Å²) in [7, 11) is 0. The molecule has 1 saturated carbocycles. The first kappa shape index (κ1) is 11.3. The summed E-state index contributed by atoms with van der Waals surface area (Å²) in [4.78, 5) is 11.1. The highest BCUT2D eigenvalue weighted by atomic mass is 16.5. The normalized spacial score (nSPS) is 16.1. The topological polar surface area (TPSA) is 50.4 Å². The van der Waals surface area contributed by atoms with Crippen LogP contribution in [-0.4, -0.2) is 31.8 Å². The highest BCUT2D eigenvalue weighted by molar-refractivity contribution is 5.67. The molecule has 4 heteroatoms. The number of amides is 1. The second kappa shape index (κ2) is 6.65. The fourth-order valence-corrected chi connectivity index (χ4v) is 1.28. The maximum Gasteiger partial charge on any atom is 0.407 e. The van der Waals surface area contributed by atoms with Gasteiger partial charge < -0.3 is 15.4 Å². The van der Waals surface area contributed by atoms with Crippen molar-refractivity contribution >= 4 is 6.09 Å². The first-order chi connectivity index (χ1) is 6.83. The average Bonchev–Trinajstić information content (AvgIpc) is 2.11. The van der Waals surface area contributed by atoms with Gasteiger partial charge in [-0.15, -0.1) is 0 Å². The van der Waals surface area contributed by atoms with Crippen LogP contribution in [0.1, 0.15) is 32.6 Å². The molecule has 1 aliphatic carbocycles. The number of carbonyl (C=O) groups is 1. The first-order valence-corrected chi connectivity index (χ1v) is 5.47. The van der Waals surface area contributed by atoms with E-state index in [1.807, 2.05) is 0 Å². The number of rotatable bonds is 6. The van der Waals surface area contributed by atoms with Gasteiger partial charge in [0.05, 0.1) is 0 Å². The lowest BCUT2D eigenvalue weighted by atomic mass is 9.93. The van der Waals surface area contributed by atoms with E-state index in [9.17, 15) is 4.79 Å². The zero-order valence-corrected chi connectivity index (χ0v) is 8.84. The molecule has 4 nitrogen and oxygen atoms in total. The third-order valence-corrected chi connectivity index (χ3v) is 2.37. The number of alkyl carbamates (subject to hydrolysis) is 1. The molecule has 2 N–H and O–H groups in total. The Kier molecular flexibility index (Phi) is 5.37. The summed E-state index contributed by atoms with van der Waals surface area (Å²) in [5.74, 6) is 0. The van der Waals surface area contributed by atoms with Gasteiger partial charge in [0.15, 0.2) is 0 Å². The summed E-state index contributed by atoms with van der Waals surface area (Å²) in [5, 5.41) is 5.99. The van der Waals surface area contributed by atoms with Crippen LogP contribution in [0.25, 0.3) is 0 Å². The maximum atomic E-state index is 11.1. The van der Waals surface area contributed by atoms with E-state index < -0.39 is 0 Å². The van der Waals surface area contributed by atoms with Crippen LogP contribution in [0.3, 0.4) is 0 Å². The number of carbonyl (C=O) groups excluding carboxylic acids is 1. The standard InChI is InChI=1S/C10H20N2O2/c1-2-6-11-7-8-14-10(13)12-9-4-3-5-9/h9,11H,2-8H2,1H3,(H,12,13). The van der Waals surface area contributed by atoms with Gasteiger partial charge in [-0.25, -0.2) is 4.79 Å². The molecule has 0 radical (unpaired) electrons. The highest BCUT2D eigenvalue weighted by Crippen LogP contribution is 2.17.